The number of rotatable bonds is 9. The Morgan fingerprint density at radius 1 is 1.30 bits per heavy atom. The molecule has 2 rings (SSSR count). The van der Waals surface area contributed by atoms with Crippen LogP contribution in [0.2, 0.25) is 0 Å². The van der Waals surface area contributed by atoms with E-state index in [2.05, 4.69) is 15.2 Å². The minimum absolute atomic E-state index is 0.163. The predicted molar refractivity (Wildman–Crippen MR) is 86.3 cm³/mol. The lowest BCUT2D eigenvalue weighted by atomic mass is 10.1. The molecule has 0 aliphatic carbocycles. The third kappa shape index (κ3) is 5.17. The fourth-order valence-electron chi connectivity index (χ4n) is 1.99. The van der Waals surface area contributed by atoms with Crippen molar-refractivity contribution in [1.82, 2.24) is 15.2 Å². The maximum Gasteiger partial charge on any atom is 0.303 e. The Morgan fingerprint density at radius 2 is 2.09 bits per heavy atom. The smallest absolute Gasteiger partial charge is 0.303 e. The average Bonchev–Trinajstić information content (AvgIpc) is 2.98. The highest BCUT2D eigenvalue weighted by atomic mass is 32.2. The van der Waals surface area contributed by atoms with E-state index in [1.54, 1.807) is 14.2 Å². The highest BCUT2D eigenvalue weighted by molar-refractivity contribution is 7.99. The molecule has 0 unspecified atom stereocenters. The van der Waals surface area contributed by atoms with Gasteiger partial charge in [-0.05, 0) is 24.1 Å². The number of hydrogen-bond donors (Lipinski definition) is 2. The number of benzene rings is 1. The van der Waals surface area contributed by atoms with Gasteiger partial charge in [0.1, 0.15) is 5.82 Å². The van der Waals surface area contributed by atoms with E-state index in [-0.39, 0.29) is 6.42 Å². The molecule has 1 aromatic heterocycles. The topological polar surface area (TPSA) is 97.3 Å². The van der Waals surface area contributed by atoms with Crippen molar-refractivity contribution in [2.24, 2.45) is 0 Å². The van der Waals surface area contributed by atoms with E-state index < -0.39 is 5.97 Å². The first-order chi connectivity index (χ1) is 11.1. The Bertz CT molecular complexity index is 660. The molecule has 2 N–H and O–H groups in total. The highest BCUT2D eigenvalue weighted by Crippen LogP contribution is 2.28. The van der Waals surface area contributed by atoms with Crippen LogP contribution in [0.15, 0.2) is 23.4 Å². The van der Waals surface area contributed by atoms with E-state index in [1.165, 1.54) is 11.8 Å². The van der Waals surface area contributed by atoms with E-state index in [0.29, 0.717) is 35.2 Å². The Balaban J connectivity index is 1.92. The molecule has 1 aromatic carbocycles. The van der Waals surface area contributed by atoms with E-state index >= 15 is 0 Å². The first kappa shape index (κ1) is 17.1. The summed E-state index contributed by atoms with van der Waals surface area (Å²) >= 11 is 1.45. The first-order valence-corrected chi connectivity index (χ1v) is 8.07. The number of aromatic amines is 1. The summed E-state index contributed by atoms with van der Waals surface area (Å²) in [5, 5.41) is 16.3. The van der Waals surface area contributed by atoms with E-state index in [1.807, 2.05) is 18.2 Å². The van der Waals surface area contributed by atoms with Crippen molar-refractivity contribution in [3.05, 3.63) is 29.6 Å². The second kappa shape index (κ2) is 8.42. The molecule has 8 heteroatoms. The summed E-state index contributed by atoms with van der Waals surface area (Å²) in [6.07, 6.45) is 1.36. The molecule has 1 heterocycles. The van der Waals surface area contributed by atoms with Crippen LogP contribution in [0.4, 0.5) is 0 Å². The zero-order chi connectivity index (χ0) is 16.7. The average molecular weight is 337 g/mol. The van der Waals surface area contributed by atoms with Crippen LogP contribution in [0.3, 0.4) is 0 Å². The molecule has 0 bridgehead atoms. The standard InChI is InChI=1S/C15H19N3O4S/c1-21-11-6-5-10(8-12(11)22-2)9-13-16-15(18-17-13)23-7-3-4-14(19)20/h5-6,8H,3-4,7,9H2,1-2H3,(H,19,20)(H,16,17,18). The van der Waals surface area contributed by atoms with E-state index in [9.17, 15) is 4.79 Å². The van der Waals surface area contributed by atoms with Crippen LogP contribution in [0.1, 0.15) is 24.2 Å². The van der Waals surface area contributed by atoms with Gasteiger partial charge < -0.3 is 14.6 Å². The molecule has 0 fully saturated rings. The molecule has 124 valence electrons. The third-order valence-electron chi connectivity index (χ3n) is 3.10. The molecular weight excluding hydrogens is 318 g/mol. The molecule has 0 aliphatic rings. The van der Waals surface area contributed by atoms with Crippen molar-refractivity contribution in [3.8, 4) is 11.5 Å². The van der Waals surface area contributed by atoms with Crippen LogP contribution in [0, 0.1) is 0 Å². The van der Waals surface area contributed by atoms with Gasteiger partial charge in [-0.1, -0.05) is 17.8 Å². The van der Waals surface area contributed by atoms with Gasteiger partial charge in [-0.25, -0.2) is 4.98 Å². The van der Waals surface area contributed by atoms with Crippen molar-refractivity contribution < 1.29 is 19.4 Å². The molecule has 0 spiro atoms. The molecule has 0 atom stereocenters. The van der Waals surface area contributed by atoms with Gasteiger partial charge in [0.25, 0.3) is 0 Å². The Labute approximate surface area is 138 Å². The number of ether oxygens (including phenoxy) is 2. The van der Waals surface area contributed by atoms with Gasteiger partial charge in [-0.3, -0.25) is 9.89 Å². The van der Waals surface area contributed by atoms with Crippen molar-refractivity contribution in [3.63, 3.8) is 0 Å². The zero-order valence-corrected chi connectivity index (χ0v) is 13.9. The van der Waals surface area contributed by atoms with Crippen molar-refractivity contribution in [2.75, 3.05) is 20.0 Å². The zero-order valence-electron chi connectivity index (χ0n) is 13.0. The van der Waals surface area contributed by atoms with Crippen molar-refractivity contribution in [1.29, 1.82) is 0 Å². The summed E-state index contributed by atoms with van der Waals surface area (Å²) in [5.74, 6) is 2.00. The number of aromatic nitrogens is 3. The monoisotopic (exact) mass is 337 g/mol. The normalized spacial score (nSPS) is 10.5. The number of carboxylic acids is 1. The van der Waals surface area contributed by atoms with Gasteiger partial charge >= 0.3 is 5.97 Å². The molecule has 2 aromatic rings. The summed E-state index contributed by atoms with van der Waals surface area (Å²) in [6, 6.07) is 5.71. The molecule has 0 saturated carbocycles. The number of carbonyl (C=O) groups is 1. The lowest BCUT2D eigenvalue weighted by Crippen LogP contribution is -1.95. The fourth-order valence-corrected chi connectivity index (χ4v) is 2.75. The summed E-state index contributed by atoms with van der Waals surface area (Å²) in [5.41, 5.74) is 1.03. The van der Waals surface area contributed by atoms with E-state index in [0.717, 1.165) is 11.4 Å². The highest BCUT2D eigenvalue weighted by Gasteiger charge is 2.08. The molecule has 23 heavy (non-hydrogen) atoms. The Kier molecular flexibility index (Phi) is 6.28. The number of hydrogen-bond acceptors (Lipinski definition) is 6. The van der Waals surface area contributed by atoms with Gasteiger partial charge in [0, 0.05) is 18.6 Å². The van der Waals surface area contributed by atoms with Crippen LogP contribution < -0.4 is 9.47 Å². The molecule has 0 saturated heterocycles. The van der Waals surface area contributed by atoms with Gasteiger partial charge in [0.2, 0.25) is 5.16 Å². The number of nitrogens with zero attached hydrogens (tertiary/aromatic N) is 2. The maximum atomic E-state index is 10.5. The number of thioether (sulfide) groups is 1. The van der Waals surface area contributed by atoms with Gasteiger partial charge in [0.05, 0.1) is 14.2 Å². The number of nitrogens with one attached hydrogen (secondary N) is 1. The van der Waals surface area contributed by atoms with Crippen molar-refractivity contribution >= 4 is 17.7 Å². The number of H-pyrrole nitrogens is 1. The number of aliphatic carboxylic acids is 1. The van der Waals surface area contributed by atoms with Crippen LogP contribution in [-0.4, -0.2) is 46.2 Å². The first-order valence-electron chi connectivity index (χ1n) is 7.09. The van der Waals surface area contributed by atoms with E-state index in [4.69, 9.17) is 14.6 Å². The number of methoxy groups -OCH3 is 2. The van der Waals surface area contributed by atoms with Gasteiger partial charge in [0.15, 0.2) is 11.5 Å². The van der Waals surface area contributed by atoms with Gasteiger partial charge in [-0.2, -0.15) is 0 Å². The predicted octanol–water partition coefficient (Wildman–Crippen LogP) is 2.37. The summed E-state index contributed by atoms with van der Waals surface area (Å²) in [6.45, 7) is 0. The molecule has 0 amide bonds. The summed E-state index contributed by atoms with van der Waals surface area (Å²) in [4.78, 5) is 14.8. The minimum atomic E-state index is -0.783. The SMILES string of the molecule is COc1ccc(Cc2nc(SCCCC(=O)O)n[nH]2)cc1OC. The lowest BCUT2D eigenvalue weighted by Gasteiger charge is -2.08. The van der Waals surface area contributed by atoms with Gasteiger partial charge in [-0.15, -0.1) is 5.10 Å². The van der Waals surface area contributed by atoms with Crippen LogP contribution in [-0.2, 0) is 11.2 Å². The van der Waals surface area contributed by atoms with Crippen LogP contribution in [0.25, 0.3) is 0 Å². The maximum absolute atomic E-state index is 10.5. The quantitative estimate of drug-likeness (QED) is 0.535. The third-order valence-corrected chi connectivity index (χ3v) is 4.03. The minimum Gasteiger partial charge on any atom is -0.493 e. The Morgan fingerprint density at radius 3 is 2.78 bits per heavy atom. The van der Waals surface area contributed by atoms with Crippen molar-refractivity contribution in [2.45, 2.75) is 24.4 Å². The summed E-state index contributed by atoms with van der Waals surface area (Å²) in [7, 11) is 3.20. The summed E-state index contributed by atoms with van der Waals surface area (Å²) < 4.78 is 10.5. The lowest BCUT2D eigenvalue weighted by molar-refractivity contribution is -0.137. The number of carboxylic acid groups (broad SMARTS) is 1. The molecular formula is C15H19N3O4S. The molecule has 0 aliphatic heterocycles. The fraction of sp³-hybridized carbons (Fsp3) is 0.400. The second-order valence-electron chi connectivity index (χ2n) is 4.78. The van der Waals surface area contributed by atoms with Crippen LogP contribution >= 0.6 is 11.8 Å². The Hall–Kier alpha value is -2.22. The van der Waals surface area contributed by atoms with Crippen LogP contribution in [0.5, 0.6) is 11.5 Å². The second-order valence-corrected chi connectivity index (χ2v) is 5.84. The molecule has 0 radical (unpaired) electrons. The largest absolute Gasteiger partial charge is 0.493 e. The molecule has 7 nitrogen and oxygen atoms in total.